The normalized spacial score (nSPS) is 11.6. The molecule has 0 spiro atoms. The van der Waals surface area contributed by atoms with Crippen molar-refractivity contribution >= 4 is 40.0 Å². The maximum Gasteiger partial charge on any atom is 0.267 e. The summed E-state index contributed by atoms with van der Waals surface area (Å²) in [6.07, 6.45) is 1.76. The lowest BCUT2D eigenvalue weighted by molar-refractivity contribution is 0.837. The molecule has 0 aliphatic rings. The Hall–Kier alpha value is -3.16. The van der Waals surface area contributed by atoms with E-state index in [1.54, 1.807) is 28.6 Å². The van der Waals surface area contributed by atoms with Gasteiger partial charge in [-0.1, -0.05) is 73.6 Å². The highest BCUT2D eigenvalue weighted by Gasteiger charge is 2.20. The summed E-state index contributed by atoms with van der Waals surface area (Å²) >= 11 is 7.45. The van der Waals surface area contributed by atoms with Crippen LogP contribution in [0.3, 0.4) is 0 Å². The van der Waals surface area contributed by atoms with Crippen LogP contribution in [0, 0.1) is 0 Å². The molecule has 3 heterocycles. The number of para-hydroxylation sites is 2. The number of hydrogen-bond acceptors (Lipinski definition) is 5. The molecule has 0 fully saturated rings. The SMILES string of the molecule is CC(C)c1ccccc1-n1c(=O)c2ccccc2n2c(SCc3ccc(Cl)nc3)nnc12. The zero-order valence-electron chi connectivity index (χ0n) is 17.6. The first-order chi connectivity index (χ1) is 15.5. The van der Waals surface area contributed by atoms with Gasteiger partial charge in [-0.25, -0.2) is 9.55 Å². The summed E-state index contributed by atoms with van der Waals surface area (Å²) in [6.45, 7) is 4.24. The summed E-state index contributed by atoms with van der Waals surface area (Å²) in [5, 5.41) is 10.7. The van der Waals surface area contributed by atoms with Crippen molar-refractivity contribution in [2.45, 2.75) is 30.7 Å². The molecule has 6 nitrogen and oxygen atoms in total. The van der Waals surface area contributed by atoms with Gasteiger partial charge in [0.2, 0.25) is 5.78 Å². The van der Waals surface area contributed by atoms with Crippen molar-refractivity contribution in [2.75, 3.05) is 0 Å². The molecule has 160 valence electrons. The molecular formula is C24H20ClN5OS. The van der Waals surface area contributed by atoms with Gasteiger partial charge in [0.15, 0.2) is 5.16 Å². The van der Waals surface area contributed by atoms with Crippen LogP contribution in [-0.2, 0) is 5.75 Å². The van der Waals surface area contributed by atoms with E-state index in [1.165, 1.54) is 0 Å². The number of pyridine rings is 1. The third-order valence-electron chi connectivity index (χ3n) is 5.35. The van der Waals surface area contributed by atoms with Crippen LogP contribution < -0.4 is 5.56 Å². The van der Waals surface area contributed by atoms with Gasteiger partial charge in [-0.15, -0.1) is 10.2 Å². The molecule has 0 amide bonds. The van der Waals surface area contributed by atoms with Crippen LogP contribution in [0.15, 0.2) is 76.8 Å². The van der Waals surface area contributed by atoms with Gasteiger partial charge >= 0.3 is 0 Å². The second-order valence-electron chi connectivity index (χ2n) is 7.77. The summed E-state index contributed by atoms with van der Waals surface area (Å²) in [6, 6.07) is 19.3. The number of nitrogens with zero attached hydrogens (tertiary/aromatic N) is 5. The zero-order chi connectivity index (χ0) is 22.2. The van der Waals surface area contributed by atoms with Crippen LogP contribution in [0.1, 0.15) is 30.9 Å². The van der Waals surface area contributed by atoms with Crippen molar-refractivity contribution in [1.82, 2.24) is 24.1 Å². The fourth-order valence-corrected chi connectivity index (χ4v) is 4.79. The monoisotopic (exact) mass is 461 g/mol. The molecule has 0 saturated carbocycles. The first-order valence-corrected chi connectivity index (χ1v) is 11.6. The summed E-state index contributed by atoms with van der Waals surface area (Å²) in [4.78, 5) is 17.7. The lowest BCUT2D eigenvalue weighted by atomic mass is 10.0. The third kappa shape index (κ3) is 3.57. The predicted molar refractivity (Wildman–Crippen MR) is 129 cm³/mol. The van der Waals surface area contributed by atoms with Gasteiger partial charge in [0.25, 0.3) is 5.56 Å². The van der Waals surface area contributed by atoms with E-state index in [9.17, 15) is 4.79 Å². The first-order valence-electron chi connectivity index (χ1n) is 10.3. The molecule has 0 unspecified atom stereocenters. The van der Waals surface area contributed by atoms with E-state index in [2.05, 4.69) is 35.1 Å². The highest BCUT2D eigenvalue weighted by atomic mass is 35.5. The topological polar surface area (TPSA) is 65.1 Å². The molecule has 0 bridgehead atoms. The average molecular weight is 462 g/mol. The number of fused-ring (bicyclic) bond motifs is 3. The van der Waals surface area contributed by atoms with Crippen molar-refractivity contribution < 1.29 is 0 Å². The molecule has 0 aliphatic heterocycles. The van der Waals surface area contributed by atoms with E-state index in [0.717, 1.165) is 22.3 Å². The largest absolute Gasteiger partial charge is 0.268 e. The zero-order valence-corrected chi connectivity index (χ0v) is 19.1. The van der Waals surface area contributed by atoms with Gasteiger partial charge in [0.1, 0.15) is 5.15 Å². The third-order valence-corrected chi connectivity index (χ3v) is 6.57. The van der Waals surface area contributed by atoms with Crippen molar-refractivity contribution in [3.05, 3.63) is 93.5 Å². The fraction of sp³-hybridized carbons (Fsp3) is 0.167. The predicted octanol–water partition coefficient (Wildman–Crippen LogP) is 5.50. The molecule has 0 saturated heterocycles. The number of rotatable bonds is 5. The van der Waals surface area contributed by atoms with Crippen molar-refractivity contribution in [1.29, 1.82) is 0 Å². The van der Waals surface area contributed by atoms with Crippen molar-refractivity contribution in [3.63, 3.8) is 0 Å². The van der Waals surface area contributed by atoms with Gasteiger partial charge < -0.3 is 0 Å². The minimum absolute atomic E-state index is 0.105. The molecule has 0 aliphatic carbocycles. The van der Waals surface area contributed by atoms with E-state index in [1.807, 2.05) is 52.9 Å². The number of thioether (sulfide) groups is 1. The Kier molecular flexibility index (Phi) is 5.45. The summed E-state index contributed by atoms with van der Waals surface area (Å²) < 4.78 is 3.64. The van der Waals surface area contributed by atoms with E-state index >= 15 is 0 Å². The van der Waals surface area contributed by atoms with Gasteiger partial charge in [-0.2, -0.15) is 0 Å². The Morgan fingerprint density at radius 1 is 1.00 bits per heavy atom. The van der Waals surface area contributed by atoms with Crippen LogP contribution in [0.5, 0.6) is 0 Å². The summed E-state index contributed by atoms with van der Waals surface area (Å²) in [5.41, 5.74) is 3.61. The second kappa shape index (κ2) is 8.41. The van der Waals surface area contributed by atoms with Crippen molar-refractivity contribution in [3.8, 4) is 5.69 Å². The fourth-order valence-electron chi connectivity index (χ4n) is 3.81. The number of halogens is 1. The van der Waals surface area contributed by atoms with E-state index in [0.29, 0.717) is 27.2 Å². The minimum Gasteiger partial charge on any atom is -0.268 e. The molecule has 5 aromatic rings. The van der Waals surface area contributed by atoms with Gasteiger partial charge in [0.05, 0.1) is 16.6 Å². The maximum absolute atomic E-state index is 13.6. The Labute approximate surface area is 193 Å². The van der Waals surface area contributed by atoms with Crippen molar-refractivity contribution in [2.24, 2.45) is 0 Å². The average Bonchev–Trinajstić information content (AvgIpc) is 3.23. The van der Waals surface area contributed by atoms with Crippen LogP contribution in [0.2, 0.25) is 5.15 Å². The standard InChI is InChI=1S/C24H20ClN5OS/c1-15(2)17-7-3-5-9-19(17)29-22(31)18-8-4-6-10-20(18)30-23(29)27-28-24(30)32-14-16-11-12-21(25)26-13-16/h3-13,15H,14H2,1-2H3. The molecule has 5 rings (SSSR count). The summed E-state index contributed by atoms with van der Waals surface area (Å²) in [7, 11) is 0. The second-order valence-corrected chi connectivity index (χ2v) is 9.10. The minimum atomic E-state index is -0.105. The molecule has 0 N–H and O–H groups in total. The van der Waals surface area contributed by atoms with Crippen LogP contribution in [0.4, 0.5) is 0 Å². The highest BCUT2D eigenvalue weighted by Crippen LogP contribution is 2.28. The lowest BCUT2D eigenvalue weighted by Crippen LogP contribution is -2.23. The van der Waals surface area contributed by atoms with E-state index in [4.69, 9.17) is 11.6 Å². The molecular weight excluding hydrogens is 442 g/mol. The molecule has 0 radical (unpaired) electrons. The first kappa shape index (κ1) is 20.7. The van der Waals surface area contributed by atoms with E-state index < -0.39 is 0 Å². The molecule has 0 atom stereocenters. The highest BCUT2D eigenvalue weighted by molar-refractivity contribution is 7.98. The van der Waals surface area contributed by atoms with Crippen LogP contribution in [-0.4, -0.2) is 24.1 Å². The summed E-state index contributed by atoms with van der Waals surface area (Å²) in [5.74, 6) is 1.40. The number of benzene rings is 2. The molecule has 2 aromatic carbocycles. The quantitative estimate of drug-likeness (QED) is 0.255. The van der Waals surface area contributed by atoms with Gasteiger partial charge in [-0.3, -0.25) is 9.20 Å². The number of aromatic nitrogens is 5. The van der Waals surface area contributed by atoms with Gasteiger partial charge in [-0.05, 0) is 41.3 Å². The Balaban J connectivity index is 1.73. The van der Waals surface area contributed by atoms with E-state index in [-0.39, 0.29) is 11.5 Å². The van der Waals surface area contributed by atoms with Crippen LogP contribution >= 0.6 is 23.4 Å². The van der Waals surface area contributed by atoms with Gasteiger partial charge in [0, 0.05) is 11.9 Å². The lowest BCUT2D eigenvalue weighted by Gasteiger charge is -2.16. The Morgan fingerprint density at radius 2 is 1.78 bits per heavy atom. The maximum atomic E-state index is 13.6. The Morgan fingerprint density at radius 3 is 2.56 bits per heavy atom. The Bertz CT molecular complexity index is 1490. The number of hydrogen-bond donors (Lipinski definition) is 0. The molecule has 3 aromatic heterocycles. The molecule has 32 heavy (non-hydrogen) atoms. The van der Waals surface area contributed by atoms with Crippen LogP contribution in [0.25, 0.3) is 22.4 Å². The smallest absolute Gasteiger partial charge is 0.267 e. The molecule has 8 heteroatoms.